The number of halogens is 3. The molecule has 8 heteroatoms. The highest BCUT2D eigenvalue weighted by molar-refractivity contribution is 5.76. The summed E-state index contributed by atoms with van der Waals surface area (Å²) in [6, 6.07) is 1.76. The van der Waals surface area contributed by atoms with Crippen LogP contribution in [0.1, 0.15) is 25.3 Å². The molecule has 0 spiro atoms. The zero-order chi connectivity index (χ0) is 17.0. The summed E-state index contributed by atoms with van der Waals surface area (Å²) in [6.07, 6.45) is -1.92. The number of ether oxygens (including phenoxy) is 1. The van der Waals surface area contributed by atoms with Crippen LogP contribution in [0.25, 0.3) is 0 Å². The highest BCUT2D eigenvalue weighted by atomic mass is 19.4. The second-order valence-electron chi connectivity index (χ2n) is 5.40. The van der Waals surface area contributed by atoms with Crippen molar-refractivity contribution in [3.8, 4) is 0 Å². The molecular formula is C15H19F3N2O3. The predicted molar refractivity (Wildman–Crippen MR) is 76.9 cm³/mol. The molecule has 1 amide bonds. The Kier molecular flexibility index (Phi) is 5.46. The van der Waals surface area contributed by atoms with Crippen molar-refractivity contribution in [1.82, 2.24) is 9.47 Å². The van der Waals surface area contributed by atoms with E-state index in [1.54, 1.807) is 4.90 Å². The van der Waals surface area contributed by atoms with Gasteiger partial charge in [0.2, 0.25) is 5.91 Å². The molecule has 5 nitrogen and oxygen atoms in total. The van der Waals surface area contributed by atoms with Crippen molar-refractivity contribution >= 4 is 5.91 Å². The Morgan fingerprint density at radius 3 is 2.83 bits per heavy atom. The van der Waals surface area contributed by atoms with Gasteiger partial charge < -0.3 is 14.2 Å². The highest BCUT2D eigenvalue weighted by Crippen LogP contribution is 2.26. The van der Waals surface area contributed by atoms with E-state index in [0.717, 1.165) is 29.5 Å². The molecule has 0 radical (unpaired) electrons. The van der Waals surface area contributed by atoms with Gasteiger partial charge in [0.15, 0.2) is 0 Å². The number of nitrogens with zero attached hydrogens (tertiary/aromatic N) is 2. The van der Waals surface area contributed by atoms with Gasteiger partial charge in [-0.1, -0.05) is 0 Å². The fourth-order valence-electron chi connectivity index (χ4n) is 2.70. The van der Waals surface area contributed by atoms with E-state index < -0.39 is 23.8 Å². The standard InChI is InChI=1S/C15H19F3N2O3/c1-2-23-10-11-5-3-8-20(11)13(21)9-19-7-4-6-12(14(19)22)15(16,17)18/h4,6-7,11H,2-3,5,8-10H2,1H3. The van der Waals surface area contributed by atoms with Crippen molar-refractivity contribution in [2.24, 2.45) is 0 Å². The van der Waals surface area contributed by atoms with Crippen LogP contribution >= 0.6 is 0 Å². The SMILES string of the molecule is CCOCC1CCCN1C(=O)Cn1cccc(C(F)(F)F)c1=O. The van der Waals surface area contributed by atoms with E-state index in [1.165, 1.54) is 6.20 Å². The molecule has 128 valence electrons. The molecule has 0 aromatic carbocycles. The van der Waals surface area contributed by atoms with Crippen LogP contribution in [-0.2, 0) is 22.3 Å². The fraction of sp³-hybridized carbons (Fsp3) is 0.600. The summed E-state index contributed by atoms with van der Waals surface area (Å²) in [5.41, 5.74) is -2.46. The number of pyridine rings is 1. The number of hydrogen-bond acceptors (Lipinski definition) is 3. The third-order valence-corrected chi connectivity index (χ3v) is 3.84. The quantitative estimate of drug-likeness (QED) is 0.827. The van der Waals surface area contributed by atoms with Crippen LogP contribution < -0.4 is 5.56 Å². The normalized spacial score (nSPS) is 18.4. The average Bonchev–Trinajstić information content (AvgIpc) is 2.94. The minimum absolute atomic E-state index is 0.0797. The first-order valence-electron chi connectivity index (χ1n) is 7.48. The number of rotatable bonds is 5. The molecule has 1 atom stereocenters. The Bertz CT molecular complexity index is 613. The zero-order valence-corrected chi connectivity index (χ0v) is 12.8. The van der Waals surface area contributed by atoms with Crippen LogP contribution in [-0.4, -0.2) is 41.2 Å². The van der Waals surface area contributed by atoms with Gasteiger partial charge in [-0.3, -0.25) is 9.59 Å². The van der Waals surface area contributed by atoms with Gasteiger partial charge in [-0.15, -0.1) is 0 Å². The lowest BCUT2D eigenvalue weighted by molar-refractivity contribution is -0.140. The summed E-state index contributed by atoms with van der Waals surface area (Å²) in [5, 5.41) is 0. The Hall–Kier alpha value is -1.83. The molecule has 0 N–H and O–H groups in total. The summed E-state index contributed by atoms with van der Waals surface area (Å²) >= 11 is 0. The van der Waals surface area contributed by atoms with Crippen molar-refractivity contribution in [1.29, 1.82) is 0 Å². The largest absolute Gasteiger partial charge is 0.421 e. The molecule has 2 rings (SSSR count). The lowest BCUT2D eigenvalue weighted by atomic mass is 10.2. The molecule has 23 heavy (non-hydrogen) atoms. The number of carbonyl (C=O) groups is 1. The van der Waals surface area contributed by atoms with Crippen molar-refractivity contribution in [2.75, 3.05) is 19.8 Å². The van der Waals surface area contributed by atoms with Gasteiger partial charge in [-0.2, -0.15) is 13.2 Å². The second kappa shape index (κ2) is 7.16. The number of hydrogen-bond donors (Lipinski definition) is 0. The summed E-state index contributed by atoms with van der Waals surface area (Å²) in [5.74, 6) is -0.367. The second-order valence-corrected chi connectivity index (χ2v) is 5.40. The molecule has 2 heterocycles. The smallest absolute Gasteiger partial charge is 0.380 e. The van der Waals surface area contributed by atoms with Crippen LogP contribution in [0.4, 0.5) is 13.2 Å². The van der Waals surface area contributed by atoms with Gasteiger partial charge in [0, 0.05) is 19.3 Å². The molecule has 0 bridgehead atoms. The van der Waals surface area contributed by atoms with Gasteiger partial charge in [0.1, 0.15) is 12.1 Å². The third kappa shape index (κ3) is 4.13. The van der Waals surface area contributed by atoms with Crippen LogP contribution in [0.15, 0.2) is 23.1 Å². The summed E-state index contributed by atoms with van der Waals surface area (Å²) in [7, 11) is 0. The first kappa shape index (κ1) is 17.5. The maximum atomic E-state index is 12.7. The first-order valence-corrected chi connectivity index (χ1v) is 7.48. The van der Waals surface area contributed by atoms with Crippen molar-refractivity contribution in [3.05, 3.63) is 34.2 Å². The van der Waals surface area contributed by atoms with E-state index in [4.69, 9.17) is 4.74 Å². The Balaban J connectivity index is 2.13. The van der Waals surface area contributed by atoms with Gasteiger partial charge in [-0.05, 0) is 31.9 Å². The molecular weight excluding hydrogens is 313 g/mol. The maximum absolute atomic E-state index is 12.7. The molecule has 1 saturated heterocycles. The van der Waals surface area contributed by atoms with Gasteiger partial charge in [0.25, 0.3) is 5.56 Å². The minimum atomic E-state index is -4.73. The predicted octanol–water partition coefficient (Wildman–Crippen LogP) is 1.89. The zero-order valence-electron chi connectivity index (χ0n) is 12.8. The first-order chi connectivity index (χ1) is 10.8. The molecule has 0 saturated carbocycles. The van der Waals surface area contributed by atoms with Crippen molar-refractivity contribution < 1.29 is 22.7 Å². The topological polar surface area (TPSA) is 51.5 Å². The van der Waals surface area contributed by atoms with Gasteiger partial charge in [-0.25, -0.2) is 0 Å². The summed E-state index contributed by atoms with van der Waals surface area (Å²) in [6.45, 7) is 2.92. The lowest BCUT2D eigenvalue weighted by Gasteiger charge is -2.25. The van der Waals surface area contributed by atoms with E-state index in [9.17, 15) is 22.8 Å². The summed E-state index contributed by atoms with van der Waals surface area (Å²) < 4.78 is 44.4. The maximum Gasteiger partial charge on any atom is 0.421 e. The van der Waals surface area contributed by atoms with Crippen LogP contribution in [0.5, 0.6) is 0 Å². The van der Waals surface area contributed by atoms with Gasteiger partial charge >= 0.3 is 6.18 Å². The van der Waals surface area contributed by atoms with E-state index in [2.05, 4.69) is 0 Å². The van der Waals surface area contributed by atoms with Crippen molar-refractivity contribution in [3.63, 3.8) is 0 Å². The molecule has 0 aliphatic carbocycles. The van der Waals surface area contributed by atoms with Crippen LogP contribution in [0, 0.1) is 0 Å². The number of alkyl halides is 3. The van der Waals surface area contributed by atoms with E-state index in [0.29, 0.717) is 19.8 Å². The number of carbonyl (C=O) groups excluding carboxylic acids is 1. The highest BCUT2D eigenvalue weighted by Gasteiger charge is 2.35. The van der Waals surface area contributed by atoms with E-state index >= 15 is 0 Å². The molecule has 1 unspecified atom stereocenters. The molecule has 1 aromatic rings. The lowest BCUT2D eigenvalue weighted by Crippen LogP contribution is -2.42. The molecule has 1 fully saturated rings. The monoisotopic (exact) mass is 332 g/mol. The van der Waals surface area contributed by atoms with Crippen LogP contribution in [0.3, 0.4) is 0 Å². The van der Waals surface area contributed by atoms with Crippen molar-refractivity contribution in [2.45, 2.75) is 38.5 Å². The van der Waals surface area contributed by atoms with E-state index in [1.807, 2.05) is 6.92 Å². The Morgan fingerprint density at radius 1 is 1.43 bits per heavy atom. The minimum Gasteiger partial charge on any atom is -0.380 e. The fourth-order valence-corrected chi connectivity index (χ4v) is 2.70. The molecule has 1 aliphatic heterocycles. The number of aromatic nitrogens is 1. The third-order valence-electron chi connectivity index (χ3n) is 3.84. The van der Waals surface area contributed by atoms with Crippen LogP contribution in [0.2, 0.25) is 0 Å². The Labute approximate surface area is 131 Å². The van der Waals surface area contributed by atoms with E-state index in [-0.39, 0.29) is 11.9 Å². The number of amides is 1. The number of likely N-dealkylation sites (tertiary alicyclic amines) is 1. The molecule has 1 aromatic heterocycles. The molecule has 1 aliphatic rings. The Morgan fingerprint density at radius 2 is 2.17 bits per heavy atom. The van der Waals surface area contributed by atoms with Gasteiger partial charge in [0.05, 0.1) is 12.6 Å². The average molecular weight is 332 g/mol. The summed E-state index contributed by atoms with van der Waals surface area (Å²) in [4.78, 5) is 25.8.